The molecule has 0 amide bonds. The van der Waals surface area contributed by atoms with Crippen molar-refractivity contribution in [2.24, 2.45) is 0 Å². The van der Waals surface area contributed by atoms with Gasteiger partial charge in [-0.15, -0.1) is 0 Å². The molecule has 1 aromatic carbocycles. The van der Waals surface area contributed by atoms with Gasteiger partial charge in [0.15, 0.2) is 5.82 Å². The second-order valence-electron chi connectivity index (χ2n) is 6.95. The van der Waals surface area contributed by atoms with Crippen LogP contribution < -0.4 is 0 Å². The molecule has 0 radical (unpaired) electrons. The number of hydrogen-bond donors (Lipinski definition) is 0. The normalized spacial score (nSPS) is 16.5. The Bertz CT molecular complexity index is 1050. The van der Waals surface area contributed by atoms with E-state index in [4.69, 9.17) is 4.52 Å². The summed E-state index contributed by atoms with van der Waals surface area (Å²) < 4.78 is 32.7. The van der Waals surface area contributed by atoms with Crippen LogP contribution in [0.25, 0.3) is 11.5 Å². The summed E-state index contributed by atoms with van der Waals surface area (Å²) in [7, 11) is -3.47. The molecule has 148 valence electrons. The minimum Gasteiger partial charge on any atom is -0.334 e. The third-order valence-corrected chi connectivity index (χ3v) is 7.63. The SMILES string of the molecule is Cc1ccc(S(=O)(=O)N2CCN(Cc3noc(-c4ccsc4)n3)CC2)cc1C. The molecule has 3 heterocycles. The second-order valence-corrected chi connectivity index (χ2v) is 9.67. The van der Waals surface area contributed by atoms with E-state index in [1.807, 2.05) is 36.7 Å². The van der Waals surface area contributed by atoms with Crippen molar-refractivity contribution in [1.29, 1.82) is 0 Å². The molecule has 28 heavy (non-hydrogen) atoms. The van der Waals surface area contributed by atoms with Crippen molar-refractivity contribution >= 4 is 21.4 Å². The third kappa shape index (κ3) is 3.88. The van der Waals surface area contributed by atoms with E-state index in [2.05, 4.69) is 15.0 Å². The van der Waals surface area contributed by atoms with Crippen LogP contribution in [0, 0.1) is 13.8 Å². The fourth-order valence-corrected chi connectivity index (χ4v) is 5.31. The van der Waals surface area contributed by atoms with Gasteiger partial charge in [-0.2, -0.15) is 20.6 Å². The van der Waals surface area contributed by atoms with E-state index in [0.717, 1.165) is 16.7 Å². The molecule has 0 atom stereocenters. The first-order valence-electron chi connectivity index (χ1n) is 9.08. The average Bonchev–Trinajstić information content (AvgIpc) is 3.36. The van der Waals surface area contributed by atoms with Crippen molar-refractivity contribution in [3.05, 3.63) is 52.0 Å². The van der Waals surface area contributed by atoms with Crippen LogP contribution in [-0.4, -0.2) is 53.9 Å². The fourth-order valence-electron chi connectivity index (χ4n) is 3.17. The van der Waals surface area contributed by atoms with E-state index in [1.165, 1.54) is 0 Å². The van der Waals surface area contributed by atoms with E-state index in [1.54, 1.807) is 27.8 Å². The number of hydrogen-bond acceptors (Lipinski definition) is 7. The second kappa shape index (κ2) is 7.75. The van der Waals surface area contributed by atoms with Gasteiger partial charge in [0.1, 0.15) is 0 Å². The Kier molecular flexibility index (Phi) is 5.33. The molecule has 3 aromatic rings. The summed E-state index contributed by atoms with van der Waals surface area (Å²) in [5, 5.41) is 7.98. The number of sulfonamides is 1. The number of piperazine rings is 1. The summed E-state index contributed by atoms with van der Waals surface area (Å²) in [5.41, 5.74) is 3.00. The molecule has 1 fully saturated rings. The number of aryl methyl sites for hydroxylation is 2. The maximum Gasteiger partial charge on any atom is 0.258 e. The number of benzene rings is 1. The standard InChI is InChI=1S/C19H22N4O3S2/c1-14-3-4-17(11-15(14)2)28(24,25)23-8-6-22(7-9-23)12-18-20-19(26-21-18)16-5-10-27-13-16/h3-5,10-11,13H,6-9,12H2,1-2H3. The molecular formula is C19H22N4O3S2. The predicted molar refractivity (Wildman–Crippen MR) is 108 cm³/mol. The largest absolute Gasteiger partial charge is 0.334 e. The number of thiophene rings is 1. The van der Waals surface area contributed by atoms with Crippen molar-refractivity contribution in [3.63, 3.8) is 0 Å². The zero-order valence-electron chi connectivity index (χ0n) is 15.8. The summed E-state index contributed by atoms with van der Waals surface area (Å²) in [6, 6.07) is 7.25. The van der Waals surface area contributed by atoms with E-state index < -0.39 is 10.0 Å². The van der Waals surface area contributed by atoms with Crippen LogP contribution in [0.4, 0.5) is 0 Å². The molecule has 0 spiro atoms. The molecule has 1 saturated heterocycles. The third-order valence-electron chi connectivity index (χ3n) is 5.05. The predicted octanol–water partition coefficient (Wildman–Crippen LogP) is 2.92. The van der Waals surface area contributed by atoms with Crippen molar-refractivity contribution in [1.82, 2.24) is 19.3 Å². The maximum atomic E-state index is 12.9. The van der Waals surface area contributed by atoms with Crippen molar-refractivity contribution in [2.75, 3.05) is 26.2 Å². The van der Waals surface area contributed by atoms with E-state index >= 15 is 0 Å². The Morgan fingerprint density at radius 3 is 2.57 bits per heavy atom. The molecule has 2 aromatic heterocycles. The first-order chi connectivity index (χ1) is 13.4. The average molecular weight is 419 g/mol. The Balaban J connectivity index is 1.38. The summed E-state index contributed by atoms with van der Waals surface area (Å²) in [6.45, 7) is 6.62. The van der Waals surface area contributed by atoms with E-state index in [-0.39, 0.29) is 0 Å². The van der Waals surface area contributed by atoms with Crippen LogP contribution in [0.5, 0.6) is 0 Å². The summed E-state index contributed by atoms with van der Waals surface area (Å²) in [4.78, 5) is 6.95. The minimum atomic E-state index is -3.47. The highest BCUT2D eigenvalue weighted by Gasteiger charge is 2.29. The zero-order valence-corrected chi connectivity index (χ0v) is 17.5. The van der Waals surface area contributed by atoms with Crippen molar-refractivity contribution in [2.45, 2.75) is 25.3 Å². The van der Waals surface area contributed by atoms with Crippen molar-refractivity contribution < 1.29 is 12.9 Å². The monoisotopic (exact) mass is 418 g/mol. The molecule has 0 unspecified atom stereocenters. The highest BCUT2D eigenvalue weighted by Crippen LogP contribution is 2.22. The first kappa shape index (κ1) is 19.3. The molecule has 1 aliphatic rings. The molecule has 0 saturated carbocycles. The van der Waals surface area contributed by atoms with Gasteiger partial charge in [-0.05, 0) is 48.6 Å². The van der Waals surface area contributed by atoms with Crippen LogP contribution in [0.1, 0.15) is 17.0 Å². The van der Waals surface area contributed by atoms with Gasteiger partial charge >= 0.3 is 0 Å². The molecule has 4 rings (SSSR count). The van der Waals surface area contributed by atoms with Crippen LogP contribution in [0.3, 0.4) is 0 Å². The zero-order chi connectivity index (χ0) is 19.7. The van der Waals surface area contributed by atoms with E-state index in [0.29, 0.717) is 49.3 Å². The lowest BCUT2D eigenvalue weighted by molar-refractivity contribution is 0.176. The first-order valence-corrected chi connectivity index (χ1v) is 11.5. The highest BCUT2D eigenvalue weighted by molar-refractivity contribution is 7.89. The van der Waals surface area contributed by atoms with Gasteiger partial charge in [-0.1, -0.05) is 11.2 Å². The molecule has 0 aliphatic carbocycles. The topological polar surface area (TPSA) is 79.5 Å². The quantitative estimate of drug-likeness (QED) is 0.634. The number of rotatable bonds is 5. The Morgan fingerprint density at radius 2 is 1.89 bits per heavy atom. The summed E-state index contributed by atoms with van der Waals surface area (Å²) in [5.74, 6) is 1.14. The number of aromatic nitrogens is 2. The maximum absolute atomic E-state index is 12.9. The Labute approximate surface area is 168 Å². The van der Waals surface area contributed by atoms with Crippen LogP contribution in [-0.2, 0) is 16.6 Å². The molecule has 9 heteroatoms. The van der Waals surface area contributed by atoms with Gasteiger partial charge in [0, 0.05) is 31.6 Å². The lowest BCUT2D eigenvalue weighted by Gasteiger charge is -2.33. The lowest BCUT2D eigenvalue weighted by atomic mass is 10.1. The van der Waals surface area contributed by atoms with Gasteiger partial charge in [0.25, 0.3) is 5.89 Å². The molecule has 0 N–H and O–H groups in total. The summed E-state index contributed by atoms with van der Waals surface area (Å²) >= 11 is 1.58. The minimum absolute atomic E-state index is 0.364. The molecule has 0 bridgehead atoms. The van der Waals surface area contributed by atoms with Gasteiger partial charge in [0.05, 0.1) is 17.0 Å². The van der Waals surface area contributed by atoms with Crippen molar-refractivity contribution in [3.8, 4) is 11.5 Å². The Morgan fingerprint density at radius 1 is 1.11 bits per heavy atom. The van der Waals surface area contributed by atoms with Gasteiger partial charge in [-0.3, -0.25) is 4.90 Å². The highest BCUT2D eigenvalue weighted by atomic mass is 32.2. The van der Waals surface area contributed by atoms with Crippen LogP contribution >= 0.6 is 11.3 Å². The molecule has 1 aliphatic heterocycles. The molecular weight excluding hydrogens is 396 g/mol. The fraction of sp³-hybridized carbons (Fsp3) is 0.368. The smallest absolute Gasteiger partial charge is 0.258 e. The van der Waals surface area contributed by atoms with Gasteiger partial charge in [0.2, 0.25) is 10.0 Å². The Hall–Kier alpha value is -2.07. The van der Waals surface area contributed by atoms with E-state index in [9.17, 15) is 8.42 Å². The number of nitrogens with zero attached hydrogens (tertiary/aromatic N) is 4. The molecule has 7 nitrogen and oxygen atoms in total. The van der Waals surface area contributed by atoms with Gasteiger partial charge < -0.3 is 4.52 Å². The van der Waals surface area contributed by atoms with Crippen LogP contribution in [0.15, 0.2) is 44.4 Å². The summed E-state index contributed by atoms with van der Waals surface area (Å²) in [6.07, 6.45) is 0. The van der Waals surface area contributed by atoms with Gasteiger partial charge in [-0.25, -0.2) is 8.42 Å². The van der Waals surface area contributed by atoms with Crippen LogP contribution in [0.2, 0.25) is 0 Å². The lowest BCUT2D eigenvalue weighted by Crippen LogP contribution is -2.48.